The van der Waals surface area contributed by atoms with E-state index in [1.165, 1.54) is 0 Å². The number of rotatable bonds is 3. The van der Waals surface area contributed by atoms with Crippen LogP contribution in [0.25, 0.3) is 11.1 Å². The summed E-state index contributed by atoms with van der Waals surface area (Å²) in [6.45, 7) is 2.53. The summed E-state index contributed by atoms with van der Waals surface area (Å²) >= 11 is 0. The Morgan fingerprint density at radius 1 is 1.21 bits per heavy atom. The molecule has 2 N–H and O–H groups in total. The van der Waals surface area contributed by atoms with Gasteiger partial charge in [0, 0.05) is 12.7 Å². The Morgan fingerprint density at radius 2 is 2.05 bits per heavy atom. The van der Waals surface area contributed by atoms with Crippen LogP contribution in [0.5, 0.6) is 0 Å². The van der Waals surface area contributed by atoms with Gasteiger partial charge in [-0.3, -0.25) is 0 Å². The molecular formula is C14H15N3O2. The second-order valence-corrected chi connectivity index (χ2v) is 4.59. The summed E-state index contributed by atoms with van der Waals surface area (Å²) in [4.78, 5) is 6.31. The molecule has 1 aromatic carbocycles. The molecule has 0 amide bonds. The average molecular weight is 257 g/mol. The molecular weight excluding hydrogens is 242 g/mol. The van der Waals surface area contributed by atoms with E-state index >= 15 is 0 Å². The summed E-state index contributed by atoms with van der Waals surface area (Å²) in [7, 11) is 1.91. The van der Waals surface area contributed by atoms with Gasteiger partial charge in [-0.25, -0.2) is 0 Å². The van der Waals surface area contributed by atoms with Crippen LogP contribution in [0.1, 0.15) is 11.5 Å². The lowest BCUT2D eigenvalue weighted by atomic mass is 10.3. The smallest absolute Gasteiger partial charge is 0.298 e. The number of furan rings is 1. The standard InChI is InChI=1S/C14H15N3O2/c1-9-3-5-11(18-9)8-17(2)14-16-12-7-10(15)4-6-13(12)19-14/h3-7H,8,15H2,1-2H3. The van der Waals surface area contributed by atoms with Gasteiger partial charge in [-0.2, -0.15) is 4.98 Å². The highest BCUT2D eigenvalue weighted by atomic mass is 16.4. The maximum absolute atomic E-state index is 5.73. The molecule has 0 aliphatic rings. The molecule has 98 valence electrons. The maximum atomic E-state index is 5.73. The zero-order chi connectivity index (χ0) is 13.4. The number of fused-ring (bicyclic) bond motifs is 1. The fourth-order valence-electron chi connectivity index (χ4n) is 1.97. The number of hydrogen-bond donors (Lipinski definition) is 1. The van der Waals surface area contributed by atoms with Crippen LogP contribution in [-0.2, 0) is 6.54 Å². The molecule has 3 aromatic rings. The van der Waals surface area contributed by atoms with E-state index < -0.39 is 0 Å². The number of nitrogens with two attached hydrogens (primary N) is 1. The first kappa shape index (κ1) is 11.6. The molecule has 0 aliphatic heterocycles. The first-order valence-corrected chi connectivity index (χ1v) is 6.04. The van der Waals surface area contributed by atoms with Crippen LogP contribution in [0.4, 0.5) is 11.7 Å². The van der Waals surface area contributed by atoms with Gasteiger partial charge in [0.2, 0.25) is 0 Å². The molecule has 19 heavy (non-hydrogen) atoms. The van der Waals surface area contributed by atoms with Crippen LogP contribution in [0.15, 0.2) is 39.2 Å². The zero-order valence-electron chi connectivity index (χ0n) is 10.9. The third kappa shape index (κ3) is 2.27. The molecule has 0 unspecified atom stereocenters. The molecule has 0 bridgehead atoms. The van der Waals surface area contributed by atoms with E-state index in [2.05, 4.69) is 4.98 Å². The van der Waals surface area contributed by atoms with Gasteiger partial charge in [0.25, 0.3) is 6.01 Å². The summed E-state index contributed by atoms with van der Waals surface area (Å²) < 4.78 is 11.2. The molecule has 0 radical (unpaired) electrons. The van der Waals surface area contributed by atoms with Gasteiger partial charge in [-0.1, -0.05) is 0 Å². The molecule has 0 fully saturated rings. The predicted octanol–water partition coefficient (Wildman–Crippen LogP) is 2.95. The largest absolute Gasteiger partial charge is 0.464 e. The molecule has 5 nitrogen and oxygen atoms in total. The highest BCUT2D eigenvalue weighted by Crippen LogP contribution is 2.24. The van der Waals surface area contributed by atoms with Crippen molar-refractivity contribution in [2.45, 2.75) is 13.5 Å². The van der Waals surface area contributed by atoms with E-state index in [0.29, 0.717) is 18.2 Å². The second kappa shape index (κ2) is 4.35. The molecule has 5 heteroatoms. The molecule has 0 saturated carbocycles. The van der Waals surface area contributed by atoms with E-state index in [1.54, 1.807) is 12.1 Å². The van der Waals surface area contributed by atoms with E-state index in [4.69, 9.17) is 14.6 Å². The Morgan fingerprint density at radius 3 is 2.79 bits per heavy atom. The van der Waals surface area contributed by atoms with Crippen LogP contribution >= 0.6 is 0 Å². The van der Waals surface area contributed by atoms with Gasteiger partial charge < -0.3 is 19.5 Å². The first-order valence-electron chi connectivity index (χ1n) is 6.04. The quantitative estimate of drug-likeness (QED) is 0.730. The van der Waals surface area contributed by atoms with Crippen molar-refractivity contribution in [2.75, 3.05) is 17.7 Å². The lowest BCUT2D eigenvalue weighted by Gasteiger charge is -2.11. The number of oxazole rings is 1. The minimum absolute atomic E-state index is 0.551. The molecule has 0 atom stereocenters. The van der Waals surface area contributed by atoms with Gasteiger partial charge in [-0.05, 0) is 37.3 Å². The van der Waals surface area contributed by atoms with Gasteiger partial charge >= 0.3 is 0 Å². The molecule has 0 spiro atoms. The summed E-state index contributed by atoms with van der Waals surface area (Å²) in [6, 6.07) is 9.86. The summed E-state index contributed by atoms with van der Waals surface area (Å²) in [5.41, 5.74) is 7.89. The van der Waals surface area contributed by atoms with Crippen LogP contribution in [0.2, 0.25) is 0 Å². The van der Waals surface area contributed by atoms with Gasteiger partial charge in [0.15, 0.2) is 5.58 Å². The van der Waals surface area contributed by atoms with Crippen LogP contribution in [0.3, 0.4) is 0 Å². The van der Waals surface area contributed by atoms with Gasteiger partial charge in [0.05, 0.1) is 6.54 Å². The van der Waals surface area contributed by atoms with Crippen LogP contribution < -0.4 is 10.6 Å². The number of aromatic nitrogens is 1. The minimum atomic E-state index is 0.551. The zero-order valence-corrected chi connectivity index (χ0v) is 10.9. The van der Waals surface area contributed by atoms with Crippen molar-refractivity contribution in [3.05, 3.63) is 41.9 Å². The van der Waals surface area contributed by atoms with Gasteiger partial charge in [0.1, 0.15) is 17.0 Å². The lowest BCUT2D eigenvalue weighted by molar-refractivity contribution is 0.473. The maximum Gasteiger partial charge on any atom is 0.298 e. The van der Waals surface area contributed by atoms with E-state index in [1.807, 2.05) is 37.1 Å². The number of hydrogen-bond acceptors (Lipinski definition) is 5. The number of nitrogens with zero attached hydrogens (tertiary/aromatic N) is 2. The van der Waals surface area contributed by atoms with Crippen molar-refractivity contribution in [2.24, 2.45) is 0 Å². The lowest BCUT2D eigenvalue weighted by Crippen LogP contribution is -2.16. The minimum Gasteiger partial charge on any atom is -0.464 e. The third-order valence-electron chi connectivity index (χ3n) is 2.92. The Kier molecular flexibility index (Phi) is 2.67. The topological polar surface area (TPSA) is 68.4 Å². The van der Waals surface area contributed by atoms with Crippen LogP contribution in [0, 0.1) is 6.92 Å². The van der Waals surface area contributed by atoms with Crippen molar-refractivity contribution in [1.29, 1.82) is 0 Å². The van der Waals surface area contributed by atoms with Crippen molar-refractivity contribution >= 4 is 22.8 Å². The fraction of sp³-hybridized carbons (Fsp3) is 0.214. The number of aryl methyl sites for hydroxylation is 1. The number of nitrogen functional groups attached to an aromatic ring is 1. The predicted molar refractivity (Wildman–Crippen MR) is 74.0 cm³/mol. The molecule has 2 aromatic heterocycles. The van der Waals surface area contributed by atoms with Crippen molar-refractivity contribution in [3.8, 4) is 0 Å². The highest BCUT2D eigenvalue weighted by Gasteiger charge is 2.12. The Balaban J connectivity index is 1.86. The van der Waals surface area contributed by atoms with Crippen LogP contribution in [-0.4, -0.2) is 12.0 Å². The molecule has 2 heterocycles. The fourth-order valence-corrected chi connectivity index (χ4v) is 1.97. The Labute approximate surface area is 110 Å². The SMILES string of the molecule is Cc1ccc(CN(C)c2nc3cc(N)ccc3o2)o1. The van der Waals surface area contributed by atoms with E-state index in [9.17, 15) is 0 Å². The Hall–Kier alpha value is -2.43. The van der Waals surface area contributed by atoms with E-state index in [-0.39, 0.29) is 0 Å². The van der Waals surface area contributed by atoms with Crippen molar-refractivity contribution < 1.29 is 8.83 Å². The van der Waals surface area contributed by atoms with Gasteiger partial charge in [-0.15, -0.1) is 0 Å². The van der Waals surface area contributed by atoms with E-state index in [0.717, 1.165) is 22.6 Å². The second-order valence-electron chi connectivity index (χ2n) is 4.59. The molecule has 0 aliphatic carbocycles. The summed E-state index contributed by atoms with van der Waals surface area (Å²) in [5, 5.41) is 0. The number of benzene rings is 1. The molecule has 3 rings (SSSR count). The first-order chi connectivity index (χ1) is 9.11. The Bertz CT molecular complexity index is 714. The molecule has 0 saturated heterocycles. The average Bonchev–Trinajstić information content (AvgIpc) is 2.95. The van der Waals surface area contributed by atoms with Crippen molar-refractivity contribution in [3.63, 3.8) is 0 Å². The normalized spacial score (nSPS) is 11.1. The van der Waals surface area contributed by atoms with Crippen molar-refractivity contribution in [1.82, 2.24) is 4.98 Å². The summed E-state index contributed by atoms with van der Waals surface area (Å²) in [5.74, 6) is 1.77. The third-order valence-corrected chi connectivity index (χ3v) is 2.92. The summed E-state index contributed by atoms with van der Waals surface area (Å²) in [6.07, 6.45) is 0. The highest BCUT2D eigenvalue weighted by molar-refractivity contribution is 5.78. The monoisotopic (exact) mass is 257 g/mol. The number of anilines is 2.